The number of hydrogen-bond donors (Lipinski definition) is 2. The fraction of sp³-hybridized carbons (Fsp3) is 0.846. The number of piperidine rings is 1. The van der Waals surface area contributed by atoms with E-state index in [4.69, 9.17) is 0 Å². The third kappa shape index (κ3) is 3.70. The van der Waals surface area contributed by atoms with E-state index in [9.17, 15) is 9.59 Å². The molecule has 0 radical (unpaired) electrons. The molecule has 104 valence electrons. The lowest BCUT2D eigenvalue weighted by atomic mass is 9.79. The molecular formula is C13H25N3O2. The van der Waals surface area contributed by atoms with Crippen molar-refractivity contribution in [3.05, 3.63) is 0 Å². The Hall–Kier alpha value is -1.10. The quantitative estimate of drug-likeness (QED) is 0.746. The van der Waals surface area contributed by atoms with Gasteiger partial charge in [0.15, 0.2) is 0 Å². The van der Waals surface area contributed by atoms with E-state index in [0.29, 0.717) is 6.54 Å². The van der Waals surface area contributed by atoms with Crippen molar-refractivity contribution in [2.75, 3.05) is 33.2 Å². The summed E-state index contributed by atoms with van der Waals surface area (Å²) in [6.45, 7) is 6.61. The standard InChI is InChI=1S/C13H25N3O2/c1-4-9-16(10-11(17)14-3)12(18)13(2)5-7-15-8-6-13/h15H,4-10H2,1-3H3,(H,14,17). The third-order valence-corrected chi connectivity index (χ3v) is 3.62. The number of carbonyl (C=O) groups excluding carboxylic acids is 2. The van der Waals surface area contributed by atoms with E-state index in [1.54, 1.807) is 11.9 Å². The normalized spacial score (nSPS) is 18.2. The molecule has 0 saturated carbocycles. The number of amides is 2. The van der Waals surface area contributed by atoms with Gasteiger partial charge < -0.3 is 15.5 Å². The van der Waals surface area contributed by atoms with Crippen molar-refractivity contribution in [1.29, 1.82) is 0 Å². The fourth-order valence-electron chi connectivity index (χ4n) is 2.35. The lowest BCUT2D eigenvalue weighted by molar-refractivity contribution is -0.145. The van der Waals surface area contributed by atoms with Crippen LogP contribution >= 0.6 is 0 Å². The van der Waals surface area contributed by atoms with E-state index >= 15 is 0 Å². The molecule has 1 saturated heterocycles. The third-order valence-electron chi connectivity index (χ3n) is 3.62. The molecule has 1 aliphatic rings. The Balaban J connectivity index is 2.71. The first kappa shape index (κ1) is 15.0. The number of carbonyl (C=O) groups is 2. The monoisotopic (exact) mass is 255 g/mol. The second kappa shape index (κ2) is 6.73. The summed E-state index contributed by atoms with van der Waals surface area (Å²) >= 11 is 0. The molecule has 1 rings (SSSR count). The van der Waals surface area contributed by atoms with Gasteiger partial charge in [-0.15, -0.1) is 0 Å². The molecule has 0 aromatic heterocycles. The molecule has 0 aromatic rings. The second-order valence-electron chi connectivity index (χ2n) is 5.21. The Labute approximate surface area is 109 Å². The van der Waals surface area contributed by atoms with E-state index in [2.05, 4.69) is 10.6 Å². The average molecular weight is 255 g/mol. The van der Waals surface area contributed by atoms with Crippen LogP contribution in [0.2, 0.25) is 0 Å². The van der Waals surface area contributed by atoms with Gasteiger partial charge in [0.05, 0.1) is 6.54 Å². The maximum absolute atomic E-state index is 12.6. The zero-order chi connectivity index (χ0) is 13.6. The minimum atomic E-state index is -0.311. The molecular weight excluding hydrogens is 230 g/mol. The van der Waals surface area contributed by atoms with Crippen LogP contribution in [0, 0.1) is 5.41 Å². The topological polar surface area (TPSA) is 61.4 Å². The lowest BCUT2D eigenvalue weighted by Gasteiger charge is -2.37. The van der Waals surface area contributed by atoms with E-state index in [1.807, 2.05) is 13.8 Å². The first-order valence-corrected chi connectivity index (χ1v) is 6.74. The smallest absolute Gasteiger partial charge is 0.239 e. The van der Waals surface area contributed by atoms with Crippen molar-refractivity contribution >= 4 is 11.8 Å². The van der Waals surface area contributed by atoms with Gasteiger partial charge in [-0.2, -0.15) is 0 Å². The molecule has 1 fully saturated rings. The Morgan fingerprint density at radius 2 is 1.94 bits per heavy atom. The van der Waals surface area contributed by atoms with E-state index in [1.165, 1.54) is 0 Å². The van der Waals surface area contributed by atoms with Crippen LogP contribution < -0.4 is 10.6 Å². The molecule has 2 N–H and O–H groups in total. The van der Waals surface area contributed by atoms with Crippen LogP contribution in [0.25, 0.3) is 0 Å². The summed E-state index contributed by atoms with van der Waals surface area (Å²) in [6, 6.07) is 0. The SMILES string of the molecule is CCCN(CC(=O)NC)C(=O)C1(C)CCNCC1. The summed E-state index contributed by atoms with van der Waals surface area (Å²) in [6.07, 6.45) is 2.57. The van der Waals surface area contributed by atoms with Crippen LogP contribution in [0.15, 0.2) is 0 Å². The summed E-state index contributed by atoms with van der Waals surface area (Å²) in [5.41, 5.74) is -0.311. The molecule has 0 atom stereocenters. The van der Waals surface area contributed by atoms with Crippen molar-refractivity contribution in [3.63, 3.8) is 0 Å². The number of rotatable bonds is 5. The summed E-state index contributed by atoms with van der Waals surface area (Å²) in [7, 11) is 1.60. The minimum absolute atomic E-state index is 0.102. The first-order chi connectivity index (χ1) is 8.53. The lowest BCUT2D eigenvalue weighted by Crippen LogP contribution is -2.50. The van der Waals surface area contributed by atoms with Crippen molar-refractivity contribution in [2.45, 2.75) is 33.1 Å². The second-order valence-corrected chi connectivity index (χ2v) is 5.21. The predicted molar refractivity (Wildman–Crippen MR) is 71.1 cm³/mol. The van der Waals surface area contributed by atoms with Crippen LogP contribution in [-0.4, -0.2) is 49.9 Å². The van der Waals surface area contributed by atoms with Gasteiger partial charge in [0, 0.05) is 19.0 Å². The van der Waals surface area contributed by atoms with Crippen molar-refractivity contribution in [1.82, 2.24) is 15.5 Å². The van der Waals surface area contributed by atoms with E-state index < -0.39 is 0 Å². The molecule has 0 spiro atoms. The number of nitrogens with zero attached hydrogens (tertiary/aromatic N) is 1. The summed E-state index contributed by atoms with van der Waals surface area (Å²) < 4.78 is 0. The maximum Gasteiger partial charge on any atom is 0.239 e. The molecule has 0 aromatic carbocycles. The highest BCUT2D eigenvalue weighted by Gasteiger charge is 2.37. The first-order valence-electron chi connectivity index (χ1n) is 6.74. The van der Waals surface area contributed by atoms with Crippen LogP contribution in [0.5, 0.6) is 0 Å². The Kier molecular flexibility index (Phi) is 5.59. The Morgan fingerprint density at radius 1 is 1.33 bits per heavy atom. The fourth-order valence-corrected chi connectivity index (χ4v) is 2.35. The van der Waals surface area contributed by atoms with Crippen molar-refractivity contribution in [3.8, 4) is 0 Å². The number of likely N-dealkylation sites (N-methyl/N-ethyl adjacent to an activating group) is 1. The molecule has 1 heterocycles. The molecule has 5 heteroatoms. The highest BCUT2D eigenvalue weighted by atomic mass is 16.2. The Bertz CT molecular complexity index is 299. The van der Waals surface area contributed by atoms with Gasteiger partial charge in [-0.25, -0.2) is 0 Å². The van der Waals surface area contributed by atoms with Crippen LogP contribution in [-0.2, 0) is 9.59 Å². The predicted octanol–water partition coefficient (Wildman–Crippen LogP) is 0.361. The van der Waals surface area contributed by atoms with Gasteiger partial charge in [-0.05, 0) is 32.4 Å². The van der Waals surface area contributed by atoms with Gasteiger partial charge in [-0.1, -0.05) is 13.8 Å². The van der Waals surface area contributed by atoms with E-state index in [0.717, 1.165) is 32.4 Å². The molecule has 0 bridgehead atoms. The number of hydrogen-bond acceptors (Lipinski definition) is 3. The van der Waals surface area contributed by atoms with Crippen LogP contribution in [0.1, 0.15) is 33.1 Å². The summed E-state index contributed by atoms with van der Waals surface area (Å²) in [5.74, 6) is 0.0174. The summed E-state index contributed by atoms with van der Waals surface area (Å²) in [5, 5.41) is 5.85. The van der Waals surface area contributed by atoms with Gasteiger partial charge in [-0.3, -0.25) is 9.59 Å². The van der Waals surface area contributed by atoms with Gasteiger partial charge in [0.25, 0.3) is 0 Å². The minimum Gasteiger partial charge on any atom is -0.358 e. The zero-order valence-corrected chi connectivity index (χ0v) is 11.7. The van der Waals surface area contributed by atoms with E-state index in [-0.39, 0.29) is 23.8 Å². The summed E-state index contributed by atoms with van der Waals surface area (Å²) in [4.78, 5) is 25.7. The van der Waals surface area contributed by atoms with Gasteiger partial charge in [0.2, 0.25) is 11.8 Å². The molecule has 2 amide bonds. The zero-order valence-electron chi connectivity index (χ0n) is 11.7. The highest BCUT2D eigenvalue weighted by Crippen LogP contribution is 2.30. The molecule has 5 nitrogen and oxygen atoms in total. The van der Waals surface area contributed by atoms with Gasteiger partial charge in [0.1, 0.15) is 0 Å². The van der Waals surface area contributed by atoms with Crippen LogP contribution in [0.4, 0.5) is 0 Å². The largest absolute Gasteiger partial charge is 0.358 e. The highest BCUT2D eigenvalue weighted by molar-refractivity contribution is 5.87. The molecule has 0 aliphatic carbocycles. The average Bonchev–Trinajstić information content (AvgIpc) is 2.38. The van der Waals surface area contributed by atoms with Gasteiger partial charge >= 0.3 is 0 Å². The Morgan fingerprint density at radius 3 is 2.44 bits per heavy atom. The van der Waals surface area contributed by atoms with Crippen molar-refractivity contribution in [2.24, 2.45) is 5.41 Å². The molecule has 1 aliphatic heterocycles. The molecule has 18 heavy (non-hydrogen) atoms. The maximum atomic E-state index is 12.6. The number of nitrogens with one attached hydrogen (secondary N) is 2. The molecule has 0 unspecified atom stereocenters. The van der Waals surface area contributed by atoms with Crippen LogP contribution in [0.3, 0.4) is 0 Å². The van der Waals surface area contributed by atoms with Crippen molar-refractivity contribution < 1.29 is 9.59 Å².